The Morgan fingerprint density at radius 2 is 2.12 bits per heavy atom. The Hall–Kier alpha value is -1.40. The van der Waals surface area contributed by atoms with Gasteiger partial charge in [-0.15, -0.1) is 0 Å². The van der Waals surface area contributed by atoms with Crippen molar-refractivity contribution in [2.45, 2.75) is 63.1 Å². The van der Waals surface area contributed by atoms with Gasteiger partial charge in [-0.05, 0) is 31.7 Å². The number of morpholine rings is 1. The fraction of sp³-hybridized carbons (Fsp3) is 0.778. The second kappa shape index (κ2) is 6.84. The molecule has 1 unspecified atom stereocenters. The van der Waals surface area contributed by atoms with Crippen molar-refractivity contribution >= 4 is 5.91 Å². The number of ether oxygens (including phenoxy) is 1. The van der Waals surface area contributed by atoms with Gasteiger partial charge in [0.2, 0.25) is 5.91 Å². The quantitative estimate of drug-likeness (QED) is 0.889. The number of aryl methyl sites for hydroxylation is 1. The van der Waals surface area contributed by atoms with Crippen LogP contribution in [-0.4, -0.2) is 52.4 Å². The van der Waals surface area contributed by atoms with E-state index in [1.54, 1.807) is 0 Å². The Morgan fingerprint density at radius 1 is 1.33 bits per heavy atom. The molecule has 3 aliphatic rings. The molecule has 132 valence electrons. The average molecular weight is 332 g/mol. The van der Waals surface area contributed by atoms with Gasteiger partial charge in [0, 0.05) is 31.2 Å². The van der Waals surface area contributed by atoms with Crippen molar-refractivity contribution in [2.24, 2.45) is 7.05 Å². The molecular weight excluding hydrogens is 304 g/mol. The molecule has 0 radical (unpaired) electrons. The third-order valence-electron chi connectivity index (χ3n) is 5.67. The molecule has 24 heavy (non-hydrogen) atoms. The van der Waals surface area contributed by atoms with Crippen LogP contribution in [0.25, 0.3) is 0 Å². The normalized spacial score (nSPS) is 26.0. The van der Waals surface area contributed by atoms with Crippen molar-refractivity contribution in [3.05, 3.63) is 17.5 Å². The van der Waals surface area contributed by atoms with E-state index in [-0.39, 0.29) is 11.9 Å². The summed E-state index contributed by atoms with van der Waals surface area (Å²) in [6.45, 7) is 2.63. The number of nitrogens with zero attached hydrogens (tertiary/aromatic N) is 3. The van der Waals surface area contributed by atoms with Gasteiger partial charge in [-0.25, -0.2) is 0 Å². The van der Waals surface area contributed by atoms with Crippen LogP contribution in [0.5, 0.6) is 0 Å². The molecule has 0 aromatic carbocycles. The van der Waals surface area contributed by atoms with Crippen molar-refractivity contribution in [3.63, 3.8) is 0 Å². The number of hydrogen-bond acceptors (Lipinski definition) is 4. The molecule has 6 heteroatoms. The summed E-state index contributed by atoms with van der Waals surface area (Å²) in [6.07, 6.45) is 7.54. The van der Waals surface area contributed by atoms with E-state index in [0.717, 1.165) is 18.8 Å². The zero-order valence-electron chi connectivity index (χ0n) is 14.5. The zero-order chi connectivity index (χ0) is 16.5. The average Bonchev–Trinajstić information content (AvgIpc) is 3.15. The molecule has 3 fully saturated rings. The molecule has 2 saturated carbocycles. The lowest BCUT2D eigenvalue weighted by atomic mass is 10.1. The van der Waals surface area contributed by atoms with Crippen molar-refractivity contribution in [3.8, 4) is 0 Å². The molecule has 0 bridgehead atoms. The summed E-state index contributed by atoms with van der Waals surface area (Å²) in [6, 6.07) is 2.55. The maximum Gasteiger partial charge on any atom is 0.240 e. The SMILES string of the molecule is Cn1nc(CNC(=O)C2COCCN2C2CCCC2)cc1C1CC1. The van der Waals surface area contributed by atoms with Gasteiger partial charge in [-0.3, -0.25) is 14.4 Å². The lowest BCUT2D eigenvalue weighted by Crippen LogP contribution is -2.56. The van der Waals surface area contributed by atoms with E-state index < -0.39 is 0 Å². The first-order chi connectivity index (χ1) is 11.7. The lowest BCUT2D eigenvalue weighted by Gasteiger charge is -2.38. The van der Waals surface area contributed by atoms with Crippen LogP contribution in [0.4, 0.5) is 0 Å². The molecule has 1 aromatic heterocycles. The molecule has 1 aliphatic heterocycles. The standard InChI is InChI=1S/C18H28N4O2/c1-21-16(13-6-7-13)10-14(20-21)11-19-18(23)17-12-24-9-8-22(17)15-4-2-3-5-15/h10,13,15,17H,2-9,11-12H2,1H3,(H,19,23). The van der Waals surface area contributed by atoms with Gasteiger partial charge in [-0.2, -0.15) is 5.10 Å². The Labute approximate surface area is 143 Å². The number of nitrogens with one attached hydrogen (secondary N) is 1. The minimum atomic E-state index is -0.145. The van der Waals surface area contributed by atoms with Gasteiger partial charge >= 0.3 is 0 Å². The number of carbonyl (C=O) groups is 1. The van der Waals surface area contributed by atoms with E-state index in [1.807, 2.05) is 11.7 Å². The van der Waals surface area contributed by atoms with E-state index in [0.29, 0.717) is 25.1 Å². The predicted octanol–water partition coefficient (Wildman–Crippen LogP) is 1.56. The fourth-order valence-electron chi connectivity index (χ4n) is 4.20. The summed E-state index contributed by atoms with van der Waals surface area (Å²) in [7, 11) is 2.00. The molecule has 0 spiro atoms. The Bertz CT molecular complexity index is 590. The third-order valence-corrected chi connectivity index (χ3v) is 5.67. The Morgan fingerprint density at radius 3 is 2.88 bits per heavy atom. The summed E-state index contributed by atoms with van der Waals surface area (Å²) >= 11 is 0. The minimum Gasteiger partial charge on any atom is -0.378 e. The summed E-state index contributed by atoms with van der Waals surface area (Å²) in [5.74, 6) is 0.761. The van der Waals surface area contributed by atoms with E-state index >= 15 is 0 Å². The highest BCUT2D eigenvalue weighted by Gasteiger charge is 2.35. The van der Waals surface area contributed by atoms with Crippen molar-refractivity contribution in [1.29, 1.82) is 0 Å². The number of aromatic nitrogens is 2. The van der Waals surface area contributed by atoms with Crippen LogP contribution in [0.15, 0.2) is 6.07 Å². The van der Waals surface area contributed by atoms with E-state index in [9.17, 15) is 4.79 Å². The van der Waals surface area contributed by atoms with Gasteiger partial charge in [0.15, 0.2) is 0 Å². The first kappa shape index (κ1) is 16.1. The number of hydrogen-bond donors (Lipinski definition) is 1. The topological polar surface area (TPSA) is 59.4 Å². The van der Waals surface area contributed by atoms with Crippen molar-refractivity contribution < 1.29 is 9.53 Å². The van der Waals surface area contributed by atoms with Crippen molar-refractivity contribution in [2.75, 3.05) is 19.8 Å². The Balaban J connectivity index is 1.36. The van der Waals surface area contributed by atoms with E-state index in [4.69, 9.17) is 4.74 Å². The van der Waals surface area contributed by atoms with E-state index in [2.05, 4.69) is 21.4 Å². The summed E-state index contributed by atoms with van der Waals surface area (Å²) in [5, 5.41) is 7.63. The van der Waals surface area contributed by atoms with Crippen LogP contribution < -0.4 is 5.32 Å². The first-order valence-electron chi connectivity index (χ1n) is 9.36. The van der Waals surface area contributed by atoms with Crippen LogP contribution in [0.1, 0.15) is 55.8 Å². The number of rotatable bonds is 5. The fourth-order valence-corrected chi connectivity index (χ4v) is 4.20. The second-order valence-electron chi connectivity index (χ2n) is 7.44. The summed E-state index contributed by atoms with van der Waals surface area (Å²) < 4.78 is 7.55. The minimum absolute atomic E-state index is 0.0835. The smallest absolute Gasteiger partial charge is 0.240 e. The van der Waals surface area contributed by atoms with E-state index in [1.165, 1.54) is 44.2 Å². The van der Waals surface area contributed by atoms with Gasteiger partial charge in [-0.1, -0.05) is 12.8 Å². The zero-order valence-corrected chi connectivity index (χ0v) is 14.5. The van der Waals surface area contributed by atoms with Crippen molar-refractivity contribution in [1.82, 2.24) is 20.0 Å². The summed E-state index contributed by atoms with van der Waals surface area (Å²) in [4.78, 5) is 15.1. The number of carbonyl (C=O) groups excluding carboxylic acids is 1. The largest absolute Gasteiger partial charge is 0.378 e. The van der Waals surface area contributed by atoms with Crippen LogP contribution >= 0.6 is 0 Å². The number of amides is 1. The highest BCUT2D eigenvalue weighted by Crippen LogP contribution is 2.39. The molecule has 6 nitrogen and oxygen atoms in total. The van der Waals surface area contributed by atoms with Gasteiger partial charge < -0.3 is 10.1 Å². The highest BCUT2D eigenvalue weighted by molar-refractivity contribution is 5.82. The van der Waals surface area contributed by atoms with Crippen LogP contribution in [0.3, 0.4) is 0 Å². The summed E-state index contributed by atoms with van der Waals surface area (Å²) in [5.41, 5.74) is 2.25. The lowest BCUT2D eigenvalue weighted by molar-refractivity contribution is -0.134. The highest BCUT2D eigenvalue weighted by atomic mass is 16.5. The molecule has 4 rings (SSSR count). The molecule has 2 heterocycles. The second-order valence-corrected chi connectivity index (χ2v) is 7.44. The predicted molar refractivity (Wildman–Crippen MR) is 90.6 cm³/mol. The van der Waals surface area contributed by atoms with Crippen LogP contribution in [0, 0.1) is 0 Å². The molecular formula is C18H28N4O2. The van der Waals surface area contributed by atoms with Crippen LogP contribution in [0.2, 0.25) is 0 Å². The first-order valence-corrected chi connectivity index (χ1v) is 9.36. The third kappa shape index (κ3) is 3.35. The molecule has 1 saturated heterocycles. The molecule has 1 aromatic rings. The molecule has 2 aliphatic carbocycles. The van der Waals surface area contributed by atoms with Gasteiger partial charge in [0.1, 0.15) is 6.04 Å². The molecule has 1 atom stereocenters. The Kier molecular flexibility index (Phi) is 4.59. The molecule has 1 N–H and O–H groups in total. The molecule has 1 amide bonds. The maximum absolute atomic E-state index is 12.7. The van der Waals surface area contributed by atoms with Gasteiger partial charge in [0.25, 0.3) is 0 Å². The van der Waals surface area contributed by atoms with Crippen LogP contribution in [-0.2, 0) is 23.1 Å². The van der Waals surface area contributed by atoms with Gasteiger partial charge in [0.05, 0.1) is 25.5 Å². The monoisotopic (exact) mass is 332 g/mol. The maximum atomic E-state index is 12.7.